The first kappa shape index (κ1) is 12.8. The van der Waals surface area contributed by atoms with Crippen LogP contribution in [0.3, 0.4) is 0 Å². The average molecular weight is 244 g/mol. The summed E-state index contributed by atoms with van der Waals surface area (Å²) in [5, 5.41) is 0. The maximum atomic E-state index is 5.68. The molecule has 0 radical (unpaired) electrons. The molecule has 2 rings (SSSR count). The van der Waals surface area contributed by atoms with Crippen LogP contribution in [0.15, 0.2) is 30.6 Å². The van der Waals surface area contributed by atoms with Crippen molar-refractivity contribution in [2.75, 3.05) is 0 Å². The number of hydrogen-bond acceptors (Lipinski definition) is 3. The Morgan fingerprint density at radius 3 is 2.44 bits per heavy atom. The smallest absolute Gasteiger partial charge is 0.110 e. The Morgan fingerprint density at radius 1 is 1.28 bits per heavy atom. The third-order valence-corrected chi connectivity index (χ3v) is 3.16. The number of hydrazine groups is 1. The summed E-state index contributed by atoms with van der Waals surface area (Å²) in [6.07, 6.45) is 4.54. The zero-order chi connectivity index (χ0) is 13.1. The van der Waals surface area contributed by atoms with Crippen molar-refractivity contribution in [2.45, 2.75) is 26.3 Å². The normalized spacial score (nSPS) is 12.7. The van der Waals surface area contributed by atoms with Gasteiger partial charge in [0.15, 0.2) is 0 Å². The first-order chi connectivity index (χ1) is 8.60. The zero-order valence-electron chi connectivity index (χ0n) is 11.1. The molecule has 1 unspecified atom stereocenters. The van der Waals surface area contributed by atoms with Gasteiger partial charge in [-0.25, -0.2) is 4.98 Å². The summed E-state index contributed by atoms with van der Waals surface area (Å²) < 4.78 is 2.02. The molecule has 2 aromatic rings. The van der Waals surface area contributed by atoms with Gasteiger partial charge in [0.1, 0.15) is 5.82 Å². The lowest BCUT2D eigenvalue weighted by atomic mass is 9.99. The van der Waals surface area contributed by atoms with Gasteiger partial charge in [-0.15, -0.1) is 0 Å². The molecule has 0 saturated carbocycles. The number of imidazole rings is 1. The van der Waals surface area contributed by atoms with E-state index in [0.717, 1.165) is 12.2 Å². The minimum Gasteiger partial charge on any atom is -0.338 e. The van der Waals surface area contributed by atoms with Crippen LogP contribution in [0.25, 0.3) is 0 Å². The minimum atomic E-state index is 0.0877. The van der Waals surface area contributed by atoms with Gasteiger partial charge in [0.05, 0.1) is 6.04 Å². The van der Waals surface area contributed by atoms with Crippen molar-refractivity contribution in [3.63, 3.8) is 0 Å². The largest absolute Gasteiger partial charge is 0.338 e. The number of aromatic nitrogens is 2. The molecule has 1 heterocycles. The third kappa shape index (κ3) is 2.78. The predicted octanol–water partition coefficient (Wildman–Crippen LogP) is 1.78. The molecule has 96 valence electrons. The zero-order valence-corrected chi connectivity index (χ0v) is 11.1. The molecule has 0 amide bonds. The third-order valence-electron chi connectivity index (χ3n) is 3.16. The lowest BCUT2D eigenvalue weighted by Crippen LogP contribution is -2.30. The van der Waals surface area contributed by atoms with E-state index in [-0.39, 0.29) is 6.04 Å². The van der Waals surface area contributed by atoms with Gasteiger partial charge >= 0.3 is 0 Å². The highest BCUT2D eigenvalue weighted by atomic mass is 15.2. The highest BCUT2D eigenvalue weighted by Crippen LogP contribution is 2.19. The number of hydrogen-bond donors (Lipinski definition) is 2. The first-order valence-corrected chi connectivity index (χ1v) is 6.10. The van der Waals surface area contributed by atoms with E-state index >= 15 is 0 Å². The van der Waals surface area contributed by atoms with Crippen LogP contribution in [-0.4, -0.2) is 9.55 Å². The molecule has 0 aliphatic carbocycles. The van der Waals surface area contributed by atoms with Crippen molar-refractivity contribution in [1.29, 1.82) is 0 Å². The molecule has 0 aliphatic rings. The topological polar surface area (TPSA) is 55.9 Å². The summed E-state index contributed by atoms with van der Waals surface area (Å²) in [4.78, 5) is 4.34. The van der Waals surface area contributed by atoms with E-state index in [0.29, 0.717) is 0 Å². The lowest BCUT2D eigenvalue weighted by Gasteiger charge is -2.17. The summed E-state index contributed by atoms with van der Waals surface area (Å²) in [5.41, 5.74) is 6.60. The summed E-state index contributed by atoms with van der Waals surface area (Å²) in [7, 11) is 2.00. The monoisotopic (exact) mass is 244 g/mol. The SMILES string of the molecule is Cc1cc(C)cc(C(Cc2nccn2C)NN)c1. The molecule has 1 atom stereocenters. The van der Waals surface area contributed by atoms with E-state index in [1.807, 2.05) is 24.0 Å². The van der Waals surface area contributed by atoms with E-state index in [9.17, 15) is 0 Å². The number of rotatable bonds is 4. The molecule has 0 spiro atoms. The van der Waals surface area contributed by atoms with Crippen molar-refractivity contribution in [3.05, 3.63) is 53.1 Å². The standard InChI is InChI=1S/C14H20N4/c1-10-6-11(2)8-12(7-10)13(17-15)9-14-16-4-5-18(14)3/h4-8,13,17H,9,15H2,1-3H3. The fraction of sp³-hybridized carbons (Fsp3) is 0.357. The summed E-state index contributed by atoms with van der Waals surface area (Å²) in [6.45, 7) is 4.20. The second kappa shape index (κ2) is 5.33. The number of nitrogens with one attached hydrogen (secondary N) is 1. The summed E-state index contributed by atoms with van der Waals surface area (Å²) >= 11 is 0. The van der Waals surface area contributed by atoms with Gasteiger partial charge in [-0.05, 0) is 19.4 Å². The maximum Gasteiger partial charge on any atom is 0.110 e. The number of benzene rings is 1. The maximum absolute atomic E-state index is 5.68. The van der Waals surface area contributed by atoms with Gasteiger partial charge in [0, 0.05) is 25.9 Å². The van der Waals surface area contributed by atoms with E-state index in [1.54, 1.807) is 0 Å². The Kier molecular flexibility index (Phi) is 3.79. The molecule has 0 bridgehead atoms. The molecule has 0 aliphatic heterocycles. The van der Waals surface area contributed by atoms with Crippen LogP contribution in [0.5, 0.6) is 0 Å². The van der Waals surface area contributed by atoms with Crippen LogP contribution in [-0.2, 0) is 13.5 Å². The molecule has 1 aromatic heterocycles. The fourth-order valence-corrected chi connectivity index (χ4v) is 2.26. The van der Waals surface area contributed by atoms with Crippen LogP contribution >= 0.6 is 0 Å². The van der Waals surface area contributed by atoms with Crippen molar-refractivity contribution >= 4 is 0 Å². The Hall–Kier alpha value is -1.65. The van der Waals surface area contributed by atoms with Gasteiger partial charge in [0.25, 0.3) is 0 Å². The van der Waals surface area contributed by atoms with Gasteiger partial charge in [-0.2, -0.15) is 0 Å². The molecular weight excluding hydrogens is 224 g/mol. The Bertz CT molecular complexity index is 510. The number of nitrogens with zero attached hydrogens (tertiary/aromatic N) is 2. The Balaban J connectivity index is 2.25. The molecule has 0 saturated heterocycles. The van der Waals surface area contributed by atoms with Gasteiger partial charge in [0.2, 0.25) is 0 Å². The second-order valence-corrected chi connectivity index (χ2v) is 4.80. The predicted molar refractivity (Wildman–Crippen MR) is 72.9 cm³/mol. The van der Waals surface area contributed by atoms with Crippen molar-refractivity contribution in [2.24, 2.45) is 12.9 Å². The van der Waals surface area contributed by atoms with Crippen LogP contribution in [0.1, 0.15) is 28.6 Å². The molecule has 4 nitrogen and oxygen atoms in total. The van der Waals surface area contributed by atoms with Gasteiger partial charge in [-0.1, -0.05) is 29.3 Å². The first-order valence-electron chi connectivity index (χ1n) is 6.10. The van der Waals surface area contributed by atoms with E-state index < -0.39 is 0 Å². The second-order valence-electron chi connectivity index (χ2n) is 4.80. The quantitative estimate of drug-likeness (QED) is 0.637. The van der Waals surface area contributed by atoms with Crippen LogP contribution < -0.4 is 11.3 Å². The summed E-state index contributed by atoms with van der Waals surface area (Å²) in [6, 6.07) is 6.59. The van der Waals surface area contributed by atoms with Gasteiger partial charge < -0.3 is 4.57 Å². The summed E-state index contributed by atoms with van der Waals surface area (Å²) in [5.74, 6) is 6.71. The van der Waals surface area contributed by atoms with Crippen LogP contribution in [0.2, 0.25) is 0 Å². The Labute approximate surface area is 108 Å². The highest BCUT2D eigenvalue weighted by molar-refractivity contribution is 5.31. The molecule has 3 N–H and O–H groups in total. The van der Waals surface area contributed by atoms with Gasteiger partial charge in [-0.3, -0.25) is 11.3 Å². The molecule has 18 heavy (non-hydrogen) atoms. The van der Waals surface area contributed by atoms with Crippen LogP contribution in [0, 0.1) is 13.8 Å². The van der Waals surface area contributed by atoms with E-state index in [4.69, 9.17) is 5.84 Å². The minimum absolute atomic E-state index is 0.0877. The lowest BCUT2D eigenvalue weighted by molar-refractivity contribution is 0.530. The van der Waals surface area contributed by atoms with E-state index in [2.05, 4.69) is 42.5 Å². The average Bonchev–Trinajstić information content (AvgIpc) is 2.70. The highest BCUT2D eigenvalue weighted by Gasteiger charge is 2.13. The number of nitrogens with two attached hydrogens (primary N) is 1. The number of aryl methyl sites for hydroxylation is 3. The fourth-order valence-electron chi connectivity index (χ4n) is 2.26. The molecular formula is C14H20N4. The molecule has 4 heteroatoms. The molecule has 0 fully saturated rings. The van der Waals surface area contributed by atoms with E-state index in [1.165, 1.54) is 16.7 Å². The molecule has 1 aromatic carbocycles. The Morgan fingerprint density at radius 2 is 1.94 bits per heavy atom. The van der Waals surface area contributed by atoms with Crippen molar-refractivity contribution < 1.29 is 0 Å². The van der Waals surface area contributed by atoms with Crippen molar-refractivity contribution in [3.8, 4) is 0 Å². The van der Waals surface area contributed by atoms with Crippen molar-refractivity contribution in [1.82, 2.24) is 15.0 Å². The van der Waals surface area contributed by atoms with Crippen LogP contribution in [0.4, 0.5) is 0 Å².